The van der Waals surface area contributed by atoms with Crippen molar-refractivity contribution >= 4 is 23.3 Å². The second kappa shape index (κ2) is 7.18. The van der Waals surface area contributed by atoms with Gasteiger partial charge in [0.1, 0.15) is 6.33 Å². The monoisotopic (exact) mass is 354 g/mol. The van der Waals surface area contributed by atoms with Crippen LogP contribution < -0.4 is 5.32 Å². The van der Waals surface area contributed by atoms with E-state index in [2.05, 4.69) is 25.5 Å². The summed E-state index contributed by atoms with van der Waals surface area (Å²) in [6.07, 6.45) is 11.0. The fourth-order valence-electron chi connectivity index (χ4n) is 3.11. The molecule has 1 fully saturated rings. The summed E-state index contributed by atoms with van der Waals surface area (Å²) in [4.78, 5) is 21.1. The van der Waals surface area contributed by atoms with Gasteiger partial charge in [-0.15, -0.1) is 10.2 Å². The van der Waals surface area contributed by atoms with E-state index in [4.69, 9.17) is 0 Å². The molecule has 8 heteroatoms. The number of nitrogens with zero attached hydrogens (tertiary/aromatic N) is 5. The number of nitrogens with one attached hydrogen (secondary N) is 1. The summed E-state index contributed by atoms with van der Waals surface area (Å²) in [6, 6.07) is 5.64. The molecule has 0 radical (unpaired) electrons. The fourth-order valence-corrected chi connectivity index (χ4v) is 4.16. The smallest absolute Gasteiger partial charge is 0.255 e. The zero-order valence-corrected chi connectivity index (χ0v) is 14.4. The lowest BCUT2D eigenvalue weighted by molar-refractivity contribution is 0.0929. The number of pyridine rings is 1. The summed E-state index contributed by atoms with van der Waals surface area (Å²) >= 11 is 1.73. The van der Waals surface area contributed by atoms with Gasteiger partial charge in [-0.25, -0.2) is 9.97 Å². The molecule has 3 aromatic rings. The lowest BCUT2D eigenvalue weighted by Crippen LogP contribution is -2.38. The van der Waals surface area contributed by atoms with E-state index < -0.39 is 0 Å². The first-order chi connectivity index (χ1) is 12.3. The van der Waals surface area contributed by atoms with Crippen LogP contribution in [0.3, 0.4) is 0 Å². The zero-order valence-electron chi connectivity index (χ0n) is 13.6. The van der Waals surface area contributed by atoms with E-state index in [1.54, 1.807) is 40.9 Å². The van der Waals surface area contributed by atoms with E-state index in [1.165, 1.54) is 0 Å². The van der Waals surface area contributed by atoms with E-state index in [-0.39, 0.29) is 11.9 Å². The van der Waals surface area contributed by atoms with Crippen LogP contribution in [-0.4, -0.2) is 41.8 Å². The molecule has 25 heavy (non-hydrogen) atoms. The van der Waals surface area contributed by atoms with Gasteiger partial charge in [0.15, 0.2) is 10.8 Å². The standard InChI is InChI=1S/C17H18N6OS/c24-16(14-3-1-10-23-11-20-22-15(14)23)21-12-4-6-13(7-5-12)25-17-18-8-2-9-19-17/h1-3,8-13H,4-7H2,(H,21,24). The van der Waals surface area contributed by atoms with E-state index in [0.717, 1.165) is 30.8 Å². The highest BCUT2D eigenvalue weighted by molar-refractivity contribution is 7.99. The lowest BCUT2D eigenvalue weighted by Gasteiger charge is -2.28. The number of carbonyl (C=O) groups is 1. The molecule has 4 rings (SSSR count). The van der Waals surface area contributed by atoms with Gasteiger partial charge < -0.3 is 5.32 Å². The fraction of sp³-hybridized carbons (Fsp3) is 0.353. The first kappa shape index (κ1) is 16.0. The van der Waals surface area contributed by atoms with Crippen molar-refractivity contribution < 1.29 is 4.79 Å². The molecule has 0 bridgehead atoms. The minimum absolute atomic E-state index is 0.0823. The molecular formula is C17H18N6OS. The molecule has 1 amide bonds. The predicted molar refractivity (Wildman–Crippen MR) is 94.4 cm³/mol. The maximum Gasteiger partial charge on any atom is 0.255 e. The third-order valence-corrected chi connectivity index (χ3v) is 5.62. The summed E-state index contributed by atoms with van der Waals surface area (Å²) in [6.45, 7) is 0. The predicted octanol–water partition coefficient (Wildman–Crippen LogP) is 2.35. The van der Waals surface area contributed by atoms with E-state index in [0.29, 0.717) is 16.5 Å². The highest BCUT2D eigenvalue weighted by Crippen LogP contribution is 2.31. The van der Waals surface area contributed by atoms with Crippen molar-refractivity contribution in [3.05, 3.63) is 48.7 Å². The second-order valence-corrected chi connectivity index (χ2v) is 7.35. The third-order valence-electron chi connectivity index (χ3n) is 4.39. The molecule has 0 unspecified atom stereocenters. The molecule has 1 aliphatic rings. The summed E-state index contributed by atoms with van der Waals surface area (Å²) in [5, 5.41) is 12.4. The van der Waals surface area contributed by atoms with Gasteiger partial charge in [0.2, 0.25) is 0 Å². The highest BCUT2D eigenvalue weighted by atomic mass is 32.2. The number of thioether (sulfide) groups is 1. The number of rotatable bonds is 4. The number of fused-ring (bicyclic) bond motifs is 1. The Morgan fingerprint density at radius 1 is 1.16 bits per heavy atom. The maximum atomic E-state index is 12.6. The molecular weight excluding hydrogens is 336 g/mol. The summed E-state index contributed by atoms with van der Waals surface area (Å²) in [5.74, 6) is -0.0823. The molecule has 0 aliphatic heterocycles. The topological polar surface area (TPSA) is 85.1 Å². The molecule has 0 aromatic carbocycles. The average molecular weight is 354 g/mol. The van der Waals surface area contributed by atoms with Crippen LogP contribution in [0.2, 0.25) is 0 Å². The largest absolute Gasteiger partial charge is 0.349 e. The first-order valence-electron chi connectivity index (χ1n) is 8.32. The van der Waals surface area contributed by atoms with Crippen LogP contribution in [0.15, 0.2) is 48.3 Å². The van der Waals surface area contributed by atoms with Crippen molar-refractivity contribution in [1.29, 1.82) is 0 Å². The van der Waals surface area contributed by atoms with Crippen LogP contribution in [0.1, 0.15) is 36.0 Å². The third kappa shape index (κ3) is 3.63. The van der Waals surface area contributed by atoms with Crippen molar-refractivity contribution in [2.75, 3.05) is 0 Å². The van der Waals surface area contributed by atoms with Crippen LogP contribution >= 0.6 is 11.8 Å². The summed E-state index contributed by atoms with van der Waals surface area (Å²) in [7, 11) is 0. The lowest BCUT2D eigenvalue weighted by atomic mass is 9.95. The molecule has 1 aliphatic carbocycles. The Morgan fingerprint density at radius 3 is 2.76 bits per heavy atom. The zero-order chi connectivity index (χ0) is 17.1. The van der Waals surface area contributed by atoms with Crippen LogP contribution in [0.25, 0.3) is 5.65 Å². The van der Waals surface area contributed by atoms with Gasteiger partial charge in [-0.05, 0) is 43.9 Å². The number of carbonyl (C=O) groups excluding carboxylic acids is 1. The molecule has 7 nitrogen and oxygen atoms in total. The number of hydrogen-bond donors (Lipinski definition) is 1. The summed E-state index contributed by atoms with van der Waals surface area (Å²) < 4.78 is 1.75. The Morgan fingerprint density at radius 2 is 1.96 bits per heavy atom. The van der Waals surface area contributed by atoms with Crippen LogP contribution in [0, 0.1) is 0 Å². The minimum Gasteiger partial charge on any atom is -0.349 e. The average Bonchev–Trinajstić information content (AvgIpc) is 3.13. The normalized spacial score (nSPS) is 20.5. The van der Waals surface area contributed by atoms with Crippen molar-refractivity contribution in [2.45, 2.75) is 42.1 Å². The van der Waals surface area contributed by atoms with Crippen molar-refractivity contribution in [3.8, 4) is 0 Å². The first-order valence-corrected chi connectivity index (χ1v) is 9.20. The summed E-state index contributed by atoms with van der Waals surface area (Å²) in [5.41, 5.74) is 1.15. The van der Waals surface area contributed by atoms with Gasteiger partial charge in [-0.3, -0.25) is 9.20 Å². The molecule has 128 valence electrons. The Hall–Kier alpha value is -2.48. The van der Waals surface area contributed by atoms with E-state index in [1.807, 2.05) is 18.3 Å². The van der Waals surface area contributed by atoms with Crippen LogP contribution in [0.5, 0.6) is 0 Å². The van der Waals surface area contributed by atoms with Crippen molar-refractivity contribution in [3.63, 3.8) is 0 Å². The number of aromatic nitrogens is 5. The SMILES string of the molecule is O=C(NC1CCC(Sc2ncccn2)CC1)c1cccn2cnnc12. The molecule has 0 saturated heterocycles. The van der Waals surface area contributed by atoms with Gasteiger partial charge >= 0.3 is 0 Å². The van der Waals surface area contributed by atoms with E-state index >= 15 is 0 Å². The Kier molecular flexibility index (Phi) is 4.60. The van der Waals surface area contributed by atoms with Gasteiger partial charge in [0.25, 0.3) is 5.91 Å². The van der Waals surface area contributed by atoms with E-state index in [9.17, 15) is 4.79 Å². The van der Waals surface area contributed by atoms with Crippen LogP contribution in [0.4, 0.5) is 0 Å². The van der Waals surface area contributed by atoms with Crippen molar-refractivity contribution in [1.82, 2.24) is 29.9 Å². The molecule has 1 saturated carbocycles. The highest BCUT2D eigenvalue weighted by Gasteiger charge is 2.24. The van der Waals surface area contributed by atoms with Gasteiger partial charge in [-0.2, -0.15) is 0 Å². The molecule has 3 aromatic heterocycles. The van der Waals surface area contributed by atoms with Crippen LogP contribution in [-0.2, 0) is 0 Å². The van der Waals surface area contributed by atoms with Crippen molar-refractivity contribution in [2.24, 2.45) is 0 Å². The molecule has 3 heterocycles. The quantitative estimate of drug-likeness (QED) is 0.724. The van der Waals surface area contributed by atoms with Gasteiger partial charge in [0.05, 0.1) is 5.56 Å². The minimum atomic E-state index is -0.0823. The molecule has 0 spiro atoms. The number of amides is 1. The van der Waals surface area contributed by atoms with Gasteiger partial charge in [0, 0.05) is 29.9 Å². The number of hydrogen-bond acceptors (Lipinski definition) is 6. The maximum absolute atomic E-state index is 12.6. The Bertz CT molecular complexity index is 860. The second-order valence-electron chi connectivity index (χ2n) is 6.08. The van der Waals surface area contributed by atoms with Gasteiger partial charge in [-0.1, -0.05) is 11.8 Å². The Balaban J connectivity index is 1.34. The molecule has 0 atom stereocenters. The molecule has 1 N–H and O–H groups in total. The Labute approximate surface area is 149 Å².